The molecule has 0 saturated carbocycles. The molecule has 0 spiro atoms. The van der Waals surface area contributed by atoms with E-state index < -0.39 is 0 Å². The van der Waals surface area contributed by atoms with E-state index in [0.29, 0.717) is 0 Å². The second-order valence-corrected chi connectivity index (χ2v) is 18.2. The Labute approximate surface area is 312 Å². The van der Waals surface area contributed by atoms with Crippen molar-refractivity contribution in [3.05, 3.63) is 117 Å². The molecule has 7 aromatic rings. The van der Waals surface area contributed by atoms with Crippen LogP contribution in [0.1, 0.15) is 84.6 Å². The maximum atomic E-state index is 6.70. The number of nitrogens with zero attached hydrogens (tertiary/aromatic N) is 4. The monoisotopic (exact) mass is 855 g/mol. The van der Waals surface area contributed by atoms with Crippen molar-refractivity contribution in [2.75, 3.05) is 0 Å². The van der Waals surface area contributed by atoms with Gasteiger partial charge in [-0.2, -0.15) is 0 Å². The molecule has 3 aromatic heterocycles. The Bertz CT molecular complexity index is 2620. The van der Waals surface area contributed by atoms with Gasteiger partial charge < -0.3 is 0 Å². The quantitative estimate of drug-likeness (QED) is 0.177. The van der Waals surface area contributed by atoms with E-state index in [9.17, 15) is 0 Å². The van der Waals surface area contributed by atoms with Crippen molar-refractivity contribution in [2.24, 2.45) is 12.5 Å². The molecule has 51 heavy (non-hydrogen) atoms. The number of hydrogen-bond acceptors (Lipinski definition) is 2. The van der Waals surface area contributed by atoms with Gasteiger partial charge in [0.2, 0.25) is 0 Å². The number of hydrogen-bond donors (Lipinski definition) is 0. The first-order valence-corrected chi connectivity index (χ1v) is 19.1. The minimum absolute atomic E-state index is 0.00451. The molecule has 0 unspecified atom stereocenters. The molecule has 6 heteroatoms. The molecule has 0 fully saturated rings. The fourth-order valence-electron chi connectivity index (χ4n) is 8.33. The molecular formula is C45H48N4OPt. The van der Waals surface area contributed by atoms with E-state index >= 15 is 0 Å². The smallest absolute Gasteiger partial charge is 0.0582 e. The molecule has 0 atom stereocenters. The van der Waals surface area contributed by atoms with Crippen LogP contribution >= 0.6 is 0 Å². The van der Waals surface area contributed by atoms with Gasteiger partial charge in [-0.3, -0.25) is 0 Å². The van der Waals surface area contributed by atoms with Crippen LogP contribution in [0.4, 0.5) is 0 Å². The molecule has 4 aromatic carbocycles. The van der Waals surface area contributed by atoms with E-state index in [1.165, 1.54) is 49.6 Å². The Morgan fingerprint density at radius 3 is 2.06 bits per heavy atom. The van der Waals surface area contributed by atoms with E-state index in [4.69, 9.17) is 9.72 Å². The number of pyridine rings is 1. The molecule has 0 amide bonds. The molecule has 1 aliphatic rings. The summed E-state index contributed by atoms with van der Waals surface area (Å²) in [5.41, 5.74) is 11.2. The summed E-state index contributed by atoms with van der Waals surface area (Å²) in [6.45, 7) is 23.4. The number of ether oxygens (including phenoxy) is 1. The molecule has 0 N–H and O–H groups in total. The van der Waals surface area contributed by atoms with E-state index in [0.717, 1.165) is 32.3 Å². The Morgan fingerprint density at radius 2 is 1.35 bits per heavy atom. The van der Waals surface area contributed by atoms with Crippen molar-refractivity contribution >= 4 is 32.8 Å². The van der Waals surface area contributed by atoms with Gasteiger partial charge in [-0.25, -0.2) is 0 Å². The summed E-state index contributed by atoms with van der Waals surface area (Å²) in [4.78, 5) is 4.90. The van der Waals surface area contributed by atoms with Crippen LogP contribution in [0.3, 0.4) is 0 Å². The fraction of sp³-hybridized carbons (Fsp3) is 0.333. The van der Waals surface area contributed by atoms with Crippen LogP contribution in [-0.2, 0) is 42.6 Å². The molecule has 3 heterocycles. The van der Waals surface area contributed by atoms with E-state index in [-0.39, 0.29) is 21.7 Å². The van der Waals surface area contributed by atoms with Gasteiger partial charge in [-0.15, -0.1) is 0 Å². The third-order valence-electron chi connectivity index (χ3n) is 12.7. The third kappa shape index (κ3) is 4.90. The van der Waals surface area contributed by atoms with Crippen LogP contribution in [0.2, 0.25) is 0 Å². The Hall–Kier alpha value is -4.21. The van der Waals surface area contributed by atoms with Crippen LogP contribution in [0.5, 0.6) is 11.5 Å². The molecule has 0 saturated heterocycles. The molecule has 264 valence electrons. The average Bonchev–Trinajstić information content (AvgIpc) is 3.56. The van der Waals surface area contributed by atoms with E-state index in [1.54, 1.807) is 0 Å². The van der Waals surface area contributed by atoms with Crippen molar-refractivity contribution in [3.63, 3.8) is 0 Å². The topological polar surface area (TPSA) is 36.9 Å². The molecule has 0 aliphatic heterocycles. The van der Waals surface area contributed by atoms with Crippen molar-refractivity contribution in [2.45, 2.75) is 85.5 Å². The second-order valence-electron chi connectivity index (χ2n) is 17.2. The molecule has 8 rings (SSSR count). The molecule has 0 radical (unpaired) electrons. The van der Waals surface area contributed by atoms with Gasteiger partial charge in [-0.05, 0) is 45.9 Å². The van der Waals surface area contributed by atoms with Crippen molar-refractivity contribution in [3.8, 4) is 23.0 Å². The second kappa shape index (κ2) is 11.1. The zero-order valence-electron chi connectivity index (χ0n) is 31.7. The zero-order chi connectivity index (χ0) is 36.4. The Kier molecular flexibility index (Phi) is 7.41. The average molecular weight is 856 g/mol. The Balaban J connectivity index is 1.27. The molecule has 1 aliphatic carbocycles. The van der Waals surface area contributed by atoms with Crippen LogP contribution in [-0.4, -0.2) is 18.7 Å². The van der Waals surface area contributed by atoms with Crippen molar-refractivity contribution in [1.82, 2.24) is 18.7 Å². The number of aryl methyl sites for hydroxylation is 2. The van der Waals surface area contributed by atoms with Gasteiger partial charge >= 0.3 is 220 Å². The molecule has 0 bridgehead atoms. The minimum Gasteiger partial charge on any atom is -0.0582 e. The van der Waals surface area contributed by atoms with Crippen LogP contribution in [0, 0.1) is 16.1 Å². The van der Waals surface area contributed by atoms with Gasteiger partial charge in [0, 0.05) is 6.20 Å². The summed E-state index contributed by atoms with van der Waals surface area (Å²) in [7, 11) is 2.14. The van der Waals surface area contributed by atoms with Gasteiger partial charge in [0.05, 0.1) is 0 Å². The number of aromatic nitrogens is 4. The van der Waals surface area contributed by atoms with Gasteiger partial charge in [0.15, 0.2) is 0 Å². The van der Waals surface area contributed by atoms with E-state index in [2.05, 4.69) is 188 Å². The standard InChI is InChI=1S/C45H48N4O.Pt/c1-28-19-20-46-41(21-28)49-38-24-32(16-17-33(38)34-25-35-36(26-39(34)49)44(7,8)45(9,10)43(35,5)6)50-31-14-12-13-30(23-31)48-27-47(11)40-22-29(42(2,3)4)15-18-37(40)48;/h12-26H,1-11H3;. The molecule has 5 nitrogen and oxygen atoms in total. The summed E-state index contributed by atoms with van der Waals surface area (Å²) in [5, 5.41) is 2.45. The first-order valence-electron chi connectivity index (χ1n) is 17.9. The Morgan fingerprint density at radius 1 is 0.667 bits per heavy atom. The summed E-state index contributed by atoms with van der Waals surface area (Å²) in [6, 6.07) is 30.9. The minimum atomic E-state index is -0.00451. The van der Waals surface area contributed by atoms with Crippen molar-refractivity contribution in [1.29, 1.82) is 0 Å². The summed E-state index contributed by atoms with van der Waals surface area (Å²) >= 11 is 2.43. The number of rotatable bonds is 4. The van der Waals surface area contributed by atoms with Gasteiger partial charge in [0.25, 0.3) is 0 Å². The number of benzene rings is 4. The third-order valence-corrected chi connectivity index (χ3v) is 13.9. The summed E-state index contributed by atoms with van der Waals surface area (Å²) in [6.07, 6.45) is 1.91. The zero-order valence-corrected chi connectivity index (χ0v) is 33.9. The fourth-order valence-corrected chi connectivity index (χ4v) is 9.17. The van der Waals surface area contributed by atoms with Crippen LogP contribution < -0.4 is 4.74 Å². The predicted octanol–water partition coefficient (Wildman–Crippen LogP) is 11.5. The first-order chi connectivity index (χ1) is 23.9. The SMILES string of the molecule is Cc1ccnc(-n2c3cc(Oc4cccc(-n5[c](=[Pt])n(C)c6cc(C(C)(C)C)ccc65)c4)ccc3c3cc4c(cc32)C(C)(C)C(C)(C)C4(C)C)c1. The number of fused-ring (bicyclic) bond motifs is 5. The maximum absolute atomic E-state index is 6.70. The summed E-state index contributed by atoms with van der Waals surface area (Å²) in [5.74, 6) is 2.50. The van der Waals surface area contributed by atoms with Crippen molar-refractivity contribution < 1.29 is 24.1 Å². The first kappa shape index (κ1) is 33.9. The van der Waals surface area contributed by atoms with Crippen LogP contribution in [0.15, 0.2) is 91.1 Å². The van der Waals surface area contributed by atoms with Crippen LogP contribution in [0.25, 0.3) is 44.3 Å². The predicted molar refractivity (Wildman–Crippen MR) is 207 cm³/mol. The van der Waals surface area contributed by atoms with Gasteiger partial charge in [-0.1, -0.05) is 41.5 Å². The summed E-state index contributed by atoms with van der Waals surface area (Å²) < 4.78 is 14.7. The van der Waals surface area contributed by atoms with E-state index in [1.807, 2.05) is 12.3 Å². The van der Waals surface area contributed by atoms with Gasteiger partial charge in [0.1, 0.15) is 0 Å². The number of imidazole rings is 1. The normalized spacial score (nSPS) is 16.3. The molecular weight excluding hydrogens is 808 g/mol.